The Morgan fingerprint density at radius 3 is 2.27 bits per heavy atom. The molecule has 1 atom stereocenters. The lowest BCUT2D eigenvalue weighted by Crippen LogP contribution is -1.99. The summed E-state index contributed by atoms with van der Waals surface area (Å²) in [6, 6.07) is 19.3. The molecule has 0 heterocycles. The highest BCUT2D eigenvalue weighted by Crippen LogP contribution is 2.21. The SMILES string of the molecule is CCCCCCOc1ccc(C[C@H](C)c2ccccc2)cc1. The second-order valence-corrected chi connectivity index (χ2v) is 6.07. The maximum Gasteiger partial charge on any atom is 0.119 e. The Morgan fingerprint density at radius 2 is 1.59 bits per heavy atom. The fraction of sp³-hybridized carbons (Fsp3) is 0.429. The minimum absolute atomic E-state index is 0.544. The van der Waals surface area contributed by atoms with Crippen molar-refractivity contribution >= 4 is 0 Å². The highest BCUT2D eigenvalue weighted by atomic mass is 16.5. The van der Waals surface area contributed by atoms with Gasteiger partial charge in [0.2, 0.25) is 0 Å². The van der Waals surface area contributed by atoms with Crippen LogP contribution in [0, 0.1) is 0 Å². The van der Waals surface area contributed by atoms with E-state index in [1.165, 1.54) is 30.4 Å². The van der Waals surface area contributed by atoms with Crippen LogP contribution >= 0.6 is 0 Å². The smallest absolute Gasteiger partial charge is 0.119 e. The van der Waals surface area contributed by atoms with Gasteiger partial charge in [0.1, 0.15) is 5.75 Å². The summed E-state index contributed by atoms with van der Waals surface area (Å²) < 4.78 is 5.80. The minimum Gasteiger partial charge on any atom is -0.494 e. The van der Waals surface area contributed by atoms with Gasteiger partial charge in [0.15, 0.2) is 0 Å². The fourth-order valence-corrected chi connectivity index (χ4v) is 2.69. The molecule has 2 aromatic carbocycles. The first-order valence-corrected chi connectivity index (χ1v) is 8.56. The predicted octanol–water partition coefficient (Wildman–Crippen LogP) is 5.99. The molecule has 0 aliphatic carbocycles. The predicted molar refractivity (Wildman–Crippen MR) is 94.6 cm³/mol. The third-order valence-corrected chi connectivity index (χ3v) is 4.10. The van der Waals surface area contributed by atoms with Gasteiger partial charge in [0.05, 0.1) is 6.61 Å². The van der Waals surface area contributed by atoms with Crippen molar-refractivity contribution in [1.29, 1.82) is 0 Å². The Bertz CT molecular complexity index is 515. The molecular weight excluding hydrogens is 268 g/mol. The van der Waals surface area contributed by atoms with E-state index in [2.05, 4.69) is 68.4 Å². The van der Waals surface area contributed by atoms with Crippen molar-refractivity contribution in [3.05, 3.63) is 65.7 Å². The largest absolute Gasteiger partial charge is 0.494 e. The number of rotatable bonds is 9. The molecule has 0 fully saturated rings. The molecule has 0 bridgehead atoms. The van der Waals surface area contributed by atoms with Crippen LogP contribution < -0.4 is 4.74 Å². The highest BCUT2D eigenvalue weighted by molar-refractivity contribution is 5.29. The molecule has 0 unspecified atom stereocenters. The molecule has 2 rings (SSSR count). The van der Waals surface area contributed by atoms with Crippen LogP contribution in [-0.2, 0) is 6.42 Å². The van der Waals surface area contributed by atoms with Crippen LogP contribution in [-0.4, -0.2) is 6.61 Å². The van der Waals surface area contributed by atoms with Gasteiger partial charge in [-0.25, -0.2) is 0 Å². The molecule has 0 N–H and O–H groups in total. The van der Waals surface area contributed by atoms with Crippen LogP contribution in [0.25, 0.3) is 0 Å². The van der Waals surface area contributed by atoms with E-state index < -0.39 is 0 Å². The summed E-state index contributed by atoms with van der Waals surface area (Å²) in [6.07, 6.45) is 6.07. The van der Waals surface area contributed by atoms with Gasteiger partial charge in [0.25, 0.3) is 0 Å². The van der Waals surface area contributed by atoms with Crippen LogP contribution in [0.15, 0.2) is 54.6 Å². The lowest BCUT2D eigenvalue weighted by atomic mass is 9.94. The lowest BCUT2D eigenvalue weighted by Gasteiger charge is -2.12. The molecular formula is C21H28O. The Labute approximate surface area is 135 Å². The Balaban J connectivity index is 1.79. The molecule has 0 aromatic heterocycles. The van der Waals surface area contributed by atoms with Crippen LogP contribution in [0.5, 0.6) is 5.75 Å². The topological polar surface area (TPSA) is 9.23 Å². The van der Waals surface area contributed by atoms with Gasteiger partial charge in [0, 0.05) is 0 Å². The fourth-order valence-electron chi connectivity index (χ4n) is 2.69. The number of unbranched alkanes of at least 4 members (excludes halogenated alkanes) is 3. The molecule has 2 aromatic rings. The summed E-state index contributed by atoms with van der Waals surface area (Å²) in [6.45, 7) is 5.35. The third kappa shape index (κ3) is 5.55. The van der Waals surface area contributed by atoms with E-state index in [9.17, 15) is 0 Å². The molecule has 22 heavy (non-hydrogen) atoms. The van der Waals surface area contributed by atoms with Gasteiger partial charge >= 0.3 is 0 Å². The van der Waals surface area contributed by atoms with E-state index in [0.29, 0.717) is 5.92 Å². The molecule has 1 heteroatoms. The minimum atomic E-state index is 0.544. The normalized spacial score (nSPS) is 12.1. The maximum atomic E-state index is 5.80. The number of hydrogen-bond acceptors (Lipinski definition) is 1. The van der Waals surface area contributed by atoms with Crippen LogP contribution in [0.2, 0.25) is 0 Å². The lowest BCUT2D eigenvalue weighted by molar-refractivity contribution is 0.305. The second kappa shape index (κ2) is 9.30. The zero-order valence-electron chi connectivity index (χ0n) is 13.9. The molecule has 0 saturated carbocycles. The van der Waals surface area contributed by atoms with Gasteiger partial charge < -0.3 is 4.74 Å². The molecule has 118 valence electrons. The van der Waals surface area contributed by atoms with Crippen molar-refractivity contribution in [1.82, 2.24) is 0 Å². The molecule has 0 saturated heterocycles. The Morgan fingerprint density at radius 1 is 0.864 bits per heavy atom. The molecule has 0 aliphatic rings. The van der Waals surface area contributed by atoms with E-state index >= 15 is 0 Å². The van der Waals surface area contributed by atoms with Gasteiger partial charge in [-0.1, -0.05) is 75.6 Å². The maximum absolute atomic E-state index is 5.80. The summed E-state index contributed by atoms with van der Waals surface area (Å²) in [5.74, 6) is 1.54. The Hall–Kier alpha value is -1.76. The first kappa shape index (κ1) is 16.6. The Kier molecular flexibility index (Phi) is 7.02. The van der Waals surface area contributed by atoms with E-state index in [-0.39, 0.29) is 0 Å². The van der Waals surface area contributed by atoms with Crippen LogP contribution in [0.3, 0.4) is 0 Å². The van der Waals surface area contributed by atoms with Crippen molar-refractivity contribution < 1.29 is 4.74 Å². The van der Waals surface area contributed by atoms with E-state index in [1.54, 1.807) is 0 Å². The van der Waals surface area contributed by atoms with E-state index in [0.717, 1.165) is 25.2 Å². The van der Waals surface area contributed by atoms with Crippen molar-refractivity contribution in [2.24, 2.45) is 0 Å². The summed E-state index contributed by atoms with van der Waals surface area (Å²) in [5, 5.41) is 0. The van der Waals surface area contributed by atoms with Crippen molar-refractivity contribution in [3.8, 4) is 5.75 Å². The van der Waals surface area contributed by atoms with Gasteiger partial charge in [-0.3, -0.25) is 0 Å². The molecule has 0 amide bonds. The van der Waals surface area contributed by atoms with Gasteiger partial charge in [-0.2, -0.15) is 0 Å². The molecule has 0 aliphatic heterocycles. The number of hydrogen-bond donors (Lipinski definition) is 0. The summed E-state index contributed by atoms with van der Waals surface area (Å²) in [7, 11) is 0. The average Bonchev–Trinajstić information content (AvgIpc) is 2.57. The summed E-state index contributed by atoms with van der Waals surface area (Å²) in [4.78, 5) is 0. The average molecular weight is 296 g/mol. The number of benzene rings is 2. The van der Waals surface area contributed by atoms with Crippen molar-refractivity contribution in [3.63, 3.8) is 0 Å². The quantitative estimate of drug-likeness (QED) is 0.516. The van der Waals surface area contributed by atoms with Gasteiger partial charge in [-0.05, 0) is 42.0 Å². The molecule has 0 radical (unpaired) electrons. The van der Waals surface area contributed by atoms with Crippen LogP contribution in [0.4, 0.5) is 0 Å². The highest BCUT2D eigenvalue weighted by Gasteiger charge is 2.06. The first-order chi connectivity index (χ1) is 10.8. The van der Waals surface area contributed by atoms with E-state index in [4.69, 9.17) is 4.74 Å². The van der Waals surface area contributed by atoms with Gasteiger partial charge in [-0.15, -0.1) is 0 Å². The zero-order chi connectivity index (χ0) is 15.6. The standard InChI is InChI=1S/C21H28O/c1-3-4-5-9-16-22-21-14-12-19(13-15-21)17-18(2)20-10-7-6-8-11-20/h6-8,10-15,18H,3-5,9,16-17H2,1-2H3/t18-/m0/s1. The molecule has 0 spiro atoms. The molecule has 1 nitrogen and oxygen atoms in total. The van der Waals surface area contributed by atoms with E-state index in [1.807, 2.05) is 0 Å². The van der Waals surface area contributed by atoms with Crippen LogP contribution in [0.1, 0.15) is 56.6 Å². The van der Waals surface area contributed by atoms with Crippen molar-refractivity contribution in [2.45, 2.75) is 51.9 Å². The summed E-state index contributed by atoms with van der Waals surface area (Å²) in [5.41, 5.74) is 2.77. The zero-order valence-corrected chi connectivity index (χ0v) is 13.9. The second-order valence-electron chi connectivity index (χ2n) is 6.07. The van der Waals surface area contributed by atoms with Crippen molar-refractivity contribution in [2.75, 3.05) is 6.61 Å². The first-order valence-electron chi connectivity index (χ1n) is 8.56. The monoisotopic (exact) mass is 296 g/mol. The number of ether oxygens (including phenoxy) is 1. The summed E-state index contributed by atoms with van der Waals surface area (Å²) >= 11 is 0. The third-order valence-electron chi connectivity index (χ3n) is 4.10.